The van der Waals surface area contributed by atoms with Crippen molar-refractivity contribution in [1.29, 1.82) is 0 Å². The van der Waals surface area contributed by atoms with Crippen LogP contribution in [0.15, 0.2) is 28.7 Å². The minimum absolute atomic E-state index is 0.0551. The van der Waals surface area contributed by atoms with Crippen molar-refractivity contribution < 1.29 is 14.3 Å². The number of hydrogen-bond donors (Lipinski definition) is 1. The van der Waals surface area contributed by atoms with Crippen LogP contribution in [-0.4, -0.2) is 17.3 Å². The van der Waals surface area contributed by atoms with E-state index in [0.717, 1.165) is 41.7 Å². The highest BCUT2D eigenvalue weighted by Gasteiger charge is 2.26. The Morgan fingerprint density at radius 1 is 1.21 bits per heavy atom. The van der Waals surface area contributed by atoms with Crippen LogP contribution < -0.4 is 4.74 Å². The van der Waals surface area contributed by atoms with Gasteiger partial charge in [0.05, 0.1) is 6.10 Å². The summed E-state index contributed by atoms with van der Waals surface area (Å²) >= 11 is 0. The summed E-state index contributed by atoms with van der Waals surface area (Å²) in [4.78, 5) is 0. The molecule has 1 fully saturated rings. The molecule has 1 saturated carbocycles. The molecule has 0 saturated heterocycles. The smallest absolute Gasteiger partial charge is 0.134 e. The Balaban J connectivity index is 0.000000637. The average molecular weight is 262 g/mol. The highest BCUT2D eigenvalue weighted by atomic mass is 16.5. The van der Waals surface area contributed by atoms with Crippen molar-refractivity contribution in [3.63, 3.8) is 0 Å². The lowest BCUT2D eigenvalue weighted by Crippen LogP contribution is -2.25. The van der Waals surface area contributed by atoms with Crippen LogP contribution in [0.25, 0.3) is 11.0 Å². The third kappa shape index (κ3) is 3.10. The molecule has 19 heavy (non-hydrogen) atoms. The molecule has 0 spiro atoms. The maximum atomic E-state index is 9.72. The molecule has 1 aliphatic rings. The quantitative estimate of drug-likeness (QED) is 0.887. The molecule has 0 aliphatic heterocycles. The standard InChI is InChI=1S/C14H16O3.C2H6/c1-9-7-10-8-11(5-6-13(10)16-9)17-14-4-2-3-12(14)15;1-2/h5-8,12,14-15H,2-4H2,1H3;1-2H3. The van der Waals surface area contributed by atoms with E-state index in [0.29, 0.717) is 0 Å². The van der Waals surface area contributed by atoms with Crippen LogP contribution in [0.2, 0.25) is 0 Å². The molecular weight excluding hydrogens is 240 g/mol. The molecule has 3 heteroatoms. The number of furan rings is 1. The molecule has 2 unspecified atom stereocenters. The summed E-state index contributed by atoms with van der Waals surface area (Å²) in [6.45, 7) is 5.93. The number of aliphatic hydroxyl groups excluding tert-OH is 1. The average Bonchev–Trinajstić information content (AvgIpc) is 2.97. The van der Waals surface area contributed by atoms with Gasteiger partial charge in [-0.15, -0.1) is 0 Å². The molecular formula is C16H22O3. The first kappa shape index (κ1) is 13.9. The van der Waals surface area contributed by atoms with Crippen LogP contribution in [0.1, 0.15) is 38.9 Å². The number of aliphatic hydroxyl groups is 1. The summed E-state index contributed by atoms with van der Waals surface area (Å²) in [5, 5.41) is 10.8. The molecule has 3 rings (SSSR count). The van der Waals surface area contributed by atoms with Gasteiger partial charge in [-0.05, 0) is 50.5 Å². The Kier molecular flexibility index (Phi) is 4.48. The van der Waals surface area contributed by atoms with E-state index in [1.54, 1.807) is 0 Å². The minimum Gasteiger partial charge on any atom is -0.488 e. The largest absolute Gasteiger partial charge is 0.488 e. The second-order valence-corrected chi connectivity index (χ2v) is 4.71. The van der Waals surface area contributed by atoms with Crippen LogP contribution in [0.4, 0.5) is 0 Å². The van der Waals surface area contributed by atoms with Gasteiger partial charge in [0.1, 0.15) is 23.2 Å². The number of fused-ring (bicyclic) bond motifs is 1. The van der Waals surface area contributed by atoms with E-state index in [2.05, 4.69) is 0 Å². The van der Waals surface area contributed by atoms with Crippen molar-refractivity contribution in [1.82, 2.24) is 0 Å². The Morgan fingerprint density at radius 3 is 2.68 bits per heavy atom. The first-order valence-electron chi connectivity index (χ1n) is 7.07. The fourth-order valence-corrected chi connectivity index (χ4v) is 2.45. The van der Waals surface area contributed by atoms with Crippen LogP contribution in [0.3, 0.4) is 0 Å². The van der Waals surface area contributed by atoms with Crippen molar-refractivity contribution in [3.8, 4) is 5.75 Å². The van der Waals surface area contributed by atoms with E-state index >= 15 is 0 Å². The van der Waals surface area contributed by atoms with Gasteiger partial charge in [-0.2, -0.15) is 0 Å². The number of aryl methyl sites for hydroxylation is 1. The van der Waals surface area contributed by atoms with Crippen molar-refractivity contribution in [2.75, 3.05) is 0 Å². The van der Waals surface area contributed by atoms with Gasteiger partial charge in [0.2, 0.25) is 0 Å². The van der Waals surface area contributed by atoms with E-state index < -0.39 is 0 Å². The lowest BCUT2D eigenvalue weighted by atomic mass is 10.2. The second-order valence-electron chi connectivity index (χ2n) is 4.71. The first-order valence-corrected chi connectivity index (χ1v) is 7.07. The Bertz CT molecular complexity index is 530. The molecule has 1 aliphatic carbocycles. The van der Waals surface area contributed by atoms with Gasteiger partial charge in [0.25, 0.3) is 0 Å². The minimum atomic E-state index is -0.322. The van der Waals surface area contributed by atoms with Crippen LogP contribution in [0, 0.1) is 6.92 Å². The molecule has 2 aromatic rings. The molecule has 1 N–H and O–H groups in total. The lowest BCUT2D eigenvalue weighted by Gasteiger charge is -2.16. The van der Waals surface area contributed by atoms with Gasteiger partial charge in [-0.25, -0.2) is 0 Å². The summed E-state index contributed by atoms with van der Waals surface area (Å²) in [6, 6.07) is 7.78. The maximum Gasteiger partial charge on any atom is 0.134 e. The third-order valence-electron chi connectivity index (χ3n) is 3.32. The molecule has 0 amide bonds. The zero-order valence-corrected chi connectivity index (χ0v) is 11.8. The van der Waals surface area contributed by atoms with Gasteiger partial charge in [-0.3, -0.25) is 0 Å². The number of rotatable bonds is 2. The molecule has 0 radical (unpaired) electrons. The molecule has 1 aromatic heterocycles. The van der Waals surface area contributed by atoms with Crippen molar-refractivity contribution in [2.24, 2.45) is 0 Å². The predicted molar refractivity (Wildman–Crippen MR) is 76.6 cm³/mol. The van der Waals surface area contributed by atoms with Gasteiger partial charge in [0, 0.05) is 5.39 Å². The van der Waals surface area contributed by atoms with E-state index in [1.165, 1.54) is 0 Å². The molecule has 3 nitrogen and oxygen atoms in total. The third-order valence-corrected chi connectivity index (χ3v) is 3.32. The highest BCUT2D eigenvalue weighted by molar-refractivity contribution is 5.79. The van der Waals surface area contributed by atoms with E-state index in [9.17, 15) is 5.11 Å². The number of ether oxygens (including phenoxy) is 1. The van der Waals surface area contributed by atoms with Gasteiger partial charge < -0.3 is 14.3 Å². The number of benzene rings is 1. The Morgan fingerprint density at radius 2 is 2.00 bits per heavy atom. The summed E-state index contributed by atoms with van der Waals surface area (Å²) in [6.07, 6.45) is 2.44. The normalized spacial score (nSPS) is 22.1. The van der Waals surface area contributed by atoms with Crippen molar-refractivity contribution in [3.05, 3.63) is 30.0 Å². The zero-order chi connectivity index (χ0) is 13.8. The topological polar surface area (TPSA) is 42.6 Å². The highest BCUT2D eigenvalue weighted by Crippen LogP contribution is 2.28. The van der Waals surface area contributed by atoms with Crippen molar-refractivity contribution in [2.45, 2.75) is 52.2 Å². The van der Waals surface area contributed by atoms with Crippen LogP contribution >= 0.6 is 0 Å². The molecule has 2 atom stereocenters. The predicted octanol–water partition coefficient (Wildman–Crippen LogP) is 4.06. The Hall–Kier alpha value is -1.48. The second kappa shape index (κ2) is 6.11. The summed E-state index contributed by atoms with van der Waals surface area (Å²) in [7, 11) is 0. The fraction of sp³-hybridized carbons (Fsp3) is 0.500. The molecule has 104 valence electrons. The van der Waals surface area contributed by atoms with Crippen LogP contribution in [0.5, 0.6) is 5.75 Å². The van der Waals surface area contributed by atoms with Crippen LogP contribution in [-0.2, 0) is 0 Å². The summed E-state index contributed by atoms with van der Waals surface area (Å²) in [5.74, 6) is 1.71. The zero-order valence-electron chi connectivity index (χ0n) is 11.8. The molecule has 1 aromatic carbocycles. The molecule has 0 bridgehead atoms. The Labute approximate surface area is 114 Å². The maximum absolute atomic E-state index is 9.72. The van der Waals surface area contributed by atoms with Gasteiger partial charge in [0.15, 0.2) is 0 Å². The van der Waals surface area contributed by atoms with Gasteiger partial charge in [-0.1, -0.05) is 13.8 Å². The SMILES string of the molecule is CC.Cc1cc2cc(OC3CCCC3O)ccc2o1. The lowest BCUT2D eigenvalue weighted by molar-refractivity contribution is 0.0605. The summed E-state index contributed by atoms with van der Waals surface area (Å²) < 4.78 is 11.3. The van der Waals surface area contributed by atoms with E-state index in [1.807, 2.05) is 45.0 Å². The first-order chi connectivity index (χ1) is 9.22. The molecule has 1 heterocycles. The summed E-state index contributed by atoms with van der Waals surface area (Å²) in [5.41, 5.74) is 0.877. The van der Waals surface area contributed by atoms with Gasteiger partial charge >= 0.3 is 0 Å². The van der Waals surface area contributed by atoms with E-state index in [4.69, 9.17) is 9.15 Å². The van der Waals surface area contributed by atoms with Crippen molar-refractivity contribution >= 4 is 11.0 Å². The monoisotopic (exact) mass is 262 g/mol. The van der Waals surface area contributed by atoms with E-state index in [-0.39, 0.29) is 12.2 Å². The number of hydrogen-bond acceptors (Lipinski definition) is 3. The fourth-order valence-electron chi connectivity index (χ4n) is 2.45.